The van der Waals surface area contributed by atoms with Crippen LogP contribution in [0.2, 0.25) is 5.02 Å². The molecule has 0 radical (unpaired) electrons. The van der Waals surface area contributed by atoms with Crippen molar-refractivity contribution in [3.8, 4) is 0 Å². The fourth-order valence-corrected chi connectivity index (χ4v) is 1.72. The van der Waals surface area contributed by atoms with E-state index in [1.807, 2.05) is 0 Å². The summed E-state index contributed by atoms with van der Waals surface area (Å²) < 4.78 is 66.5. The molecule has 1 aromatic carbocycles. The van der Waals surface area contributed by atoms with Crippen molar-refractivity contribution in [3.05, 3.63) is 34.3 Å². The minimum Gasteiger partial charge on any atom is -0.393 e. The van der Waals surface area contributed by atoms with Crippen LogP contribution in [0.3, 0.4) is 0 Å². The predicted octanol–water partition coefficient (Wildman–Crippen LogP) is 3.76. The Kier molecular flexibility index (Phi) is 10.2. The highest BCUT2D eigenvalue weighted by atomic mass is 35.5. The van der Waals surface area contributed by atoms with Crippen LogP contribution in [0.15, 0.2) is 23.4 Å². The number of methoxy groups -OCH3 is 1. The molecule has 0 saturated carbocycles. The van der Waals surface area contributed by atoms with Crippen molar-refractivity contribution in [2.45, 2.75) is 19.5 Å². The van der Waals surface area contributed by atoms with Crippen LogP contribution in [0.1, 0.15) is 24.5 Å². The number of rotatable bonds is 6. The van der Waals surface area contributed by atoms with Crippen LogP contribution in [-0.2, 0) is 26.3 Å². The Balaban J connectivity index is 0.00000118. The van der Waals surface area contributed by atoms with Gasteiger partial charge in [-0.05, 0) is 24.6 Å². The Morgan fingerprint density at radius 1 is 1.33 bits per heavy atom. The zero-order chi connectivity index (χ0) is 18.8. The Labute approximate surface area is 143 Å². The fourth-order valence-electron chi connectivity index (χ4n) is 1.55. The van der Waals surface area contributed by atoms with E-state index < -0.39 is 22.2 Å². The maximum Gasteiger partial charge on any atom is 0.417 e. The second-order valence-corrected chi connectivity index (χ2v) is 5.05. The molecule has 0 fully saturated rings. The van der Waals surface area contributed by atoms with E-state index in [9.17, 15) is 13.2 Å². The number of nitrogens with one attached hydrogen (secondary N) is 1. The molecule has 0 saturated heterocycles. The van der Waals surface area contributed by atoms with E-state index in [4.69, 9.17) is 34.4 Å². The molecule has 136 valence electrons. The lowest BCUT2D eigenvalue weighted by Gasteiger charge is -2.14. The summed E-state index contributed by atoms with van der Waals surface area (Å²) in [6.45, 7) is 2.17. The van der Waals surface area contributed by atoms with Crippen LogP contribution < -0.4 is 0 Å². The van der Waals surface area contributed by atoms with Crippen LogP contribution in [-0.4, -0.2) is 34.5 Å². The standard InChI is InChI=1S/C13H15ClF3NO2.HNO2S/c1-3-12(18-20-7-6-19-2)10-8-9(14)4-5-11(10)13(15,16)17;1-4(2)3/h4-5,8H,3,6-7H2,1-2H3;1H/b18-12+;. The van der Waals surface area contributed by atoms with E-state index in [1.165, 1.54) is 19.2 Å². The summed E-state index contributed by atoms with van der Waals surface area (Å²) in [4.78, 5) is 4.94. The summed E-state index contributed by atoms with van der Waals surface area (Å²) in [6, 6.07) is 3.39. The Hall–Kier alpha value is -1.65. The molecule has 0 amide bonds. The summed E-state index contributed by atoms with van der Waals surface area (Å²) in [5.41, 5.74) is -0.654. The molecule has 0 unspecified atom stereocenters. The lowest BCUT2D eigenvalue weighted by atomic mass is 10.0. The first-order valence-corrected chi connectivity index (χ1v) is 7.94. The number of benzene rings is 1. The highest BCUT2D eigenvalue weighted by Gasteiger charge is 2.34. The summed E-state index contributed by atoms with van der Waals surface area (Å²) in [6.07, 6.45) is -4.18. The van der Waals surface area contributed by atoms with Gasteiger partial charge in [-0.1, -0.05) is 23.7 Å². The molecule has 11 heteroatoms. The van der Waals surface area contributed by atoms with Gasteiger partial charge < -0.3 is 9.57 Å². The Bertz CT molecular complexity index is 657. The number of alkyl halides is 3. The zero-order valence-corrected chi connectivity index (χ0v) is 14.4. The largest absolute Gasteiger partial charge is 0.417 e. The number of hydrogen-bond donors (Lipinski definition) is 1. The molecule has 0 bridgehead atoms. The summed E-state index contributed by atoms with van der Waals surface area (Å²) in [5, 5.41) is 3.96. The van der Waals surface area contributed by atoms with E-state index in [2.05, 4.69) is 5.16 Å². The molecule has 0 aliphatic carbocycles. The van der Waals surface area contributed by atoms with Gasteiger partial charge in [-0.25, -0.2) is 0 Å². The van der Waals surface area contributed by atoms with Crippen LogP contribution in [0.5, 0.6) is 0 Å². The third-order valence-electron chi connectivity index (χ3n) is 2.49. The maximum absolute atomic E-state index is 13.0. The highest BCUT2D eigenvalue weighted by Crippen LogP contribution is 2.34. The third kappa shape index (κ3) is 8.85. The molecular formula is C13H16ClF3N2O4S. The van der Waals surface area contributed by atoms with E-state index in [1.54, 1.807) is 6.92 Å². The van der Waals surface area contributed by atoms with Crippen molar-refractivity contribution >= 4 is 27.8 Å². The molecule has 0 spiro atoms. The first-order valence-electron chi connectivity index (χ1n) is 6.48. The smallest absolute Gasteiger partial charge is 0.393 e. The molecule has 0 aliphatic rings. The van der Waals surface area contributed by atoms with Crippen molar-refractivity contribution in [1.82, 2.24) is 0 Å². The fraction of sp³-hybridized carbons (Fsp3) is 0.462. The number of ether oxygens (including phenoxy) is 1. The molecule has 0 aromatic heterocycles. The zero-order valence-electron chi connectivity index (χ0n) is 12.9. The number of oxime groups is 1. The van der Waals surface area contributed by atoms with E-state index >= 15 is 0 Å². The summed E-state index contributed by atoms with van der Waals surface area (Å²) >= 11 is 5.77. The highest BCUT2D eigenvalue weighted by molar-refractivity contribution is 7.60. The van der Waals surface area contributed by atoms with Crippen molar-refractivity contribution in [1.29, 1.82) is 4.78 Å². The quantitative estimate of drug-likeness (QED) is 0.456. The lowest BCUT2D eigenvalue weighted by Crippen LogP contribution is -2.14. The van der Waals surface area contributed by atoms with Crippen LogP contribution >= 0.6 is 11.6 Å². The summed E-state index contributed by atoms with van der Waals surface area (Å²) in [5.74, 6) is 0. The molecule has 24 heavy (non-hydrogen) atoms. The predicted molar refractivity (Wildman–Crippen MR) is 82.7 cm³/mol. The van der Waals surface area contributed by atoms with Gasteiger partial charge in [0.15, 0.2) is 0 Å². The maximum atomic E-state index is 13.0. The van der Waals surface area contributed by atoms with E-state index in [0.717, 1.165) is 6.07 Å². The van der Waals surface area contributed by atoms with Gasteiger partial charge in [0, 0.05) is 17.7 Å². The lowest BCUT2D eigenvalue weighted by molar-refractivity contribution is -0.137. The topological polar surface area (TPSA) is 88.8 Å². The molecule has 1 aromatic rings. The van der Waals surface area contributed by atoms with Crippen molar-refractivity contribution in [2.75, 3.05) is 20.3 Å². The minimum absolute atomic E-state index is 0.0649. The molecular weight excluding hydrogens is 373 g/mol. The monoisotopic (exact) mass is 388 g/mol. The van der Waals surface area contributed by atoms with Gasteiger partial charge >= 0.3 is 16.7 Å². The minimum atomic E-state index is -4.47. The third-order valence-corrected chi connectivity index (χ3v) is 2.72. The number of halogens is 4. The SMILES string of the molecule is CC/C(=N\OCCOC)c1cc(Cl)ccc1C(F)(F)F.N=S(=O)=O. The molecule has 1 N–H and O–H groups in total. The van der Waals surface area contributed by atoms with Crippen LogP contribution in [0, 0.1) is 4.78 Å². The first kappa shape index (κ1) is 22.4. The molecule has 0 heterocycles. The van der Waals surface area contributed by atoms with Crippen LogP contribution in [0.4, 0.5) is 13.2 Å². The second kappa shape index (κ2) is 11.0. The van der Waals surface area contributed by atoms with Gasteiger partial charge in [0.2, 0.25) is 0 Å². The van der Waals surface area contributed by atoms with Gasteiger partial charge in [0.1, 0.15) is 6.61 Å². The molecule has 1 rings (SSSR count). The molecule has 0 aliphatic heterocycles. The van der Waals surface area contributed by atoms with Crippen molar-refractivity contribution in [2.24, 2.45) is 5.16 Å². The van der Waals surface area contributed by atoms with Gasteiger partial charge in [-0.15, -0.1) is 0 Å². The Morgan fingerprint density at radius 2 is 1.92 bits per heavy atom. The van der Waals surface area contributed by atoms with Gasteiger partial charge in [-0.2, -0.15) is 26.4 Å². The van der Waals surface area contributed by atoms with Crippen molar-refractivity contribution < 1.29 is 31.2 Å². The van der Waals surface area contributed by atoms with E-state index in [-0.39, 0.29) is 29.3 Å². The van der Waals surface area contributed by atoms with Gasteiger partial charge in [0.05, 0.1) is 17.9 Å². The Morgan fingerprint density at radius 3 is 2.38 bits per heavy atom. The first-order chi connectivity index (χ1) is 11.1. The normalized spacial score (nSPS) is 11.5. The van der Waals surface area contributed by atoms with Crippen molar-refractivity contribution in [3.63, 3.8) is 0 Å². The molecule has 6 nitrogen and oxygen atoms in total. The number of hydrogen-bond acceptors (Lipinski definition) is 6. The molecule has 0 atom stereocenters. The van der Waals surface area contributed by atoms with E-state index in [0.29, 0.717) is 6.61 Å². The second-order valence-electron chi connectivity index (χ2n) is 4.14. The summed E-state index contributed by atoms with van der Waals surface area (Å²) in [7, 11) is -1.12. The average molecular weight is 389 g/mol. The number of nitrogens with zero attached hydrogens (tertiary/aromatic N) is 1. The van der Waals surface area contributed by atoms with Gasteiger partial charge in [-0.3, -0.25) is 0 Å². The van der Waals surface area contributed by atoms with Gasteiger partial charge in [0.25, 0.3) is 0 Å². The average Bonchev–Trinajstić information content (AvgIpc) is 2.45. The van der Waals surface area contributed by atoms with Crippen LogP contribution in [0.25, 0.3) is 0 Å².